The van der Waals surface area contributed by atoms with Crippen LogP contribution in [0.3, 0.4) is 0 Å². The molecule has 3 fully saturated rings. The topological polar surface area (TPSA) is 26.3 Å². The lowest BCUT2D eigenvalue weighted by molar-refractivity contribution is -0.150. The van der Waals surface area contributed by atoms with E-state index in [9.17, 15) is 4.79 Å². The SMILES string of the molecule is CCCCCCCCOC(=O)[C@H]1CC[C@@]2(C)C(=CC[C@H]3[C@@H]4CCC[C@@]4(C)CC[C@@H]32)C1. The summed E-state index contributed by atoms with van der Waals surface area (Å²) < 4.78 is 5.71. The molecule has 170 valence electrons. The van der Waals surface area contributed by atoms with Crippen molar-refractivity contribution < 1.29 is 9.53 Å². The van der Waals surface area contributed by atoms with Gasteiger partial charge in [-0.05, 0) is 86.4 Å². The fourth-order valence-corrected chi connectivity index (χ4v) is 8.03. The Balaban J connectivity index is 1.30. The maximum atomic E-state index is 12.7. The number of allylic oxidation sites excluding steroid dienone is 2. The Hall–Kier alpha value is -0.790. The minimum atomic E-state index is 0.0839. The van der Waals surface area contributed by atoms with Crippen molar-refractivity contribution in [1.29, 1.82) is 0 Å². The van der Waals surface area contributed by atoms with Crippen LogP contribution in [0.15, 0.2) is 11.6 Å². The van der Waals surface area contributed by atoms with Gasteiger partial charge in [-0.2, -0.15) is 0 Å². The van der Waals surface area contributed by atoms with Crippen LogP contribution in [0.1, 0.15) is 117 Å². The molecule has 0 radical (unpaired) electrons. The van der Waals surface area contributed by atoms with Crippen LogP contribution in [-0.2, 0) is 9.53 Å². The third-order valence-electron chi connectivity index (χ3n) is 9.96. The van der Waals surface area contributed by atoms with Gasteiger partial charge >= 0.3 is 5.97 Å². The number of carbonyl (C=O) groups excluding carboxylic acids is 1. The van der Waals surface area contributed by atoms with Crippen molar-refractivity contribution in [3.8, 4) is 0 Å². The van der Waals surface area contributed by atoms with Gasteiger partial charge in [0.05, 0.1) is 12.5 Å². The average molecular weight is 415 g/mol. The van der Waals surface area contributed by atoms with Gasteiger partial charge < -0.3 is 4.74 Å². The lowest BCUT2D eigenvalue weighted by Gasteiger charge is -2.57. The summed E-state index contributed by atoms with van der Waals surface area (Å²) in [5.74, 6) is 2.90. The molecule has 0 saturated heterocycles. The lowest BCUT2D eigenvalue weighted by atomic mass is 9.47. The molecule has 0 bridgehead atoms. The van der Waals surface area contributed by atoms with E-state index >= 15 is 0 Å². The largest absolute Gasteiger partial charge is 0.465 e. The predicted octanol–water partition coefficient (Wildman–Crippen LogP) is 7.86. The van der Waals surface area contributed by atoms with Crippen LogP contribution in [0, 0.1) is 34.5 Å². The van der Waals surface area contributed by atoms with Crippen LogP contribution >= 0.6 is 0 Å². The Labute approximate surface area is 185 Å². The van der Waals surface area contributed by atoms with Gasteiger partial charge in [0.1, 0.15) is 0 Å². The average Bonchev–Trinajstić information content (AvgIpc) is 3.14. The molecule has 3 saturated carbocycles. The van der Waals surface area contributed by atoms with E-state index in [0.717, 1.165) is 37.0 Å². The molecule has 4 rings (SSSR count). The molecule has 0 unspecified atom stereocenters. The van der Waals surface area contributed by atoms with Crippen LogP contribution in [0.5, 0.6) is 0 Å². The van der Waals surface area contributed by atoms with Crippen LogP contribution in [0.2, 0.25) is 0 Å². The number of rotatable bonds is 8. The Morgan fingerprint density at radius 2 is 1.80 bits per heavy atom. The zero-order valence-corrected chi connectivity index (χ0v) is 20.0. The molecule has 0 amide bonds. The van der Waals surface area contributed by atoms with E-state index in [1.165, 1.54) is 77.0 Å². The first-order valence-electron chi connectivity index (χ1n) is 13.3. The van der Waals surface area contributed by atoms with E-state index in [-0.39, 0.29) is 11.9 Å². The number of ether oxygens (including phenoxy) is 1. The molecule has 0 aromatic rings. The molecular formula is C28H46O2. The summed E-state index contributed by atoms with van der Waals surface area (Å²) in [6.07, 6.45) is 21.7. The minimum absolute atomic E-state index is 0.0839. The Morgan fingerprint density at radius 1 is 1.00 bits per heavy atom. The highest BCUT2D eigenvalue weighted by atomic mass is 16.5. The van der Waals surface area contributed by atoms with Crippen LogP contribution < -0.4 is 0 Å². The highest BCUT2D eigenvalue weighted by Crippen LogP contribution is 2.65. The van der Waals surface area contributed by atoms with Crippen molar-refractivity contribution in [3.05, 3.63) is 11.6 Å². The predicted molar refractivity (Wildman–Crippen MR) is 124 cm³/mol. The van der Waals surface area contributed by atoms with Gasteiger partial charge in [-0.3, -0.25) is 4.79 Å². The van der Waals surface area contributed by atoms with E-state index in [1.807, 2.05) is 0 Å². The monoisotopic (exact) mass is 414 g/mol. The summed E-state index contributed by atoms with van der Waals surface area (Å²) in [6.45, 7) is 8.01. The normalized spacial score (nSPS) is 40.2. The molecule has 2 nitrogen and oxygen atoms in total. The fourth-order valence-electron chi connectivity index (χ4n) is 8.03. The smallest absolute Gasteiger partial charge is 0.309 e. The maximum Gasteiger partial charge on any atom is 0.309 e. The molecule has 4 aliphatic carbocycles. The van der Waals surface area contributed by atoms with Crippen molar-refractivity contribution in [2.24, 2.45) is 34.5 Å². The van der Waals surface area contributed by atoms with Crippen molar-refractivity contribution in [2.75, 3.05) is 6.61 Å². The quantitative estimate of drug-likeness (QED) is 0.229. The van der Waals surface area contributed by atoms with Gasteiger partial charge in [0, 0.05) is 0 Å². The molecule has 2 heteroatoms. The van der Waals surface area contributed by atoms with Gasteiger partial charge in [-0.15, -0.1) is 0 Å². The fraction of sp³-hybridized carbons (Fsp3) is 0.893. The van der Waals surface area contributed by atoms with Gasteiger partial charge in [0.2, 0.25) is 0 Å². The number of hydrogen-bond donors (Lipinski definition) is 0. The summed E-state index contributed by atoms with van der Waals surface area (Å²) in [7, 11) is 0. The summed E-state index contributed by atoms with van der Waals surface area (Å²) in [6, 6.07) is 0. The van der Waals surface area contributed by atoms with Crippen LogP contribution in [0.25, 0.3) is 0 Å². The number of carbonyl (C=O) groups is 1. The molecule has 0 N–H and O–H groups in total. The maximum absolute atomic E-state index is 12.7. The Bertz CT molecular complexity index is 637. The van der Waals surface area contributed by atoms with Gasteiger partial charge in [0.25, 0.3) is 0 Å². The van der Waals surface area contributed by atoms with Crippen molar-refractivity contribution in [3.63, 3.8) is 0 Å². The number of unbranched alkanes of at least 4 members (excludes halogenated alkanes) is 5. The highest BCUT2D eigenvalue weighted by molar-refractivity contribution is 5.73. The van der Waals surface area contributed by atoms with Gasteiger partial charge in [0.15, 0.2) is 0 Å². The first-order chi connectivity index (χ1) is 14.5. The summed E-state index contributed by atoms with van der Waals surface area (Å²) >= 11 is 0. The van der Waals surface area contributed by atoms with Crippen molar-refractivity contribution in [2.45, 2.75) is 117 Å². The van der Waals surface area contributed by atoms with Gasteiger partial charge in [-0.25, -0.2) is 0 Å². The van der Waals surface area contributed by atoms with E-state index in [4.69, 9.17) is 4.74 Å². The molecular weight excluding hydrogens is 368 g/mol. The number of fused-ring (bicyclic) bond motifs is 5. The zero-order valence-electron chi connectivity index (χ0n) is 20.0. The molecule has 0 aromatic heterocycles. The second-order valence-electron chi connectivity index (χ2n) is 11.7. The molecule has 0 aliphatic heterocycles. The Kier molecular flexibility index (Phi) is 7.00. The van der Waals surface area contributed by atoms with E-state index < -0.39 is 0 Å². The van der Waals surface area contributed by atoms with Crippen LogP contribution in [-0.4, -0.2) is 12.6 Å². The summed E-state index contributed by atoms with van der Waals surface area (Å²) in [4.78, 5) is 12.7. The Morgan fingerprint density at radius 3 is 2.63 bits per heavy atom. The van der Waals surface area contributed by atoms with Gasteiger partial charge in [-0.1, -0.05) is 70.9 Å². The molecule has 6 atom stereocenters. The summed E-state index contributed by atoms with van der Waals surface area (Å²) in [5, 5.41) is 0. The molecule has 30 heavy (non-hydrogen) atoms. The molecule has 0 heterocycles. The third kappa shape index (κ3) is 4.26. The van der Waals surface area contributed by atoms with E-state index in [2.05, 4.69) is 26.8 Å². The third-order valence-corrected chi connectivity index (χ3v) is 9.96. The van der Waals surface area contributed by atoms with Crippen LogP contribution in [0.4, 0.5) is 0 Å². The molecule has 4 aliphatic rings. The first kappa shape index (κ1) is 22.4. The van der Waals surface area contributed by atoms with Crippen molar-refractivity contribution >= 4 is 5.97 Å². The molecule has 0 aromatic carbocycles. The van der Waals surface area contributed by atoms with E-state index in [1.54, 1.807) is 5.57 Å². The molecule has 0 spiro atoms. The van der Waals surface area contributed by atoms with E-state index in [0.29, 0.717) is 17.4 Å². The highest BCUT2D eigenvalue weighted by Gasteiger charge is 2.56. The van der Waals surface area contributed by atoms with Crippen molar-refractivity contribution in [1.82, 2.24) is 0 Å². The number of esters is 1. The summed E-state index contributed by atoms with van der Waals surface area (Å²) in [5.41, 5.74) is 2.58. The lowest BCUT2D eigenvalue weighted by Crippen LogP contribution is -2.49. The standard InChI is InChI=1S/C28H46O2/c1-4-5-6-7-8-9-19-30-26(29)21-14-18-28(3)22(20-21)12-13-23-24-11-10-16-27(24,2)17-15-25(23)28/h12,21,23-25H,4-11,13-20H2,1-3H3/t21-,23-,24-,25-,27-,28-/m0/s1. The second kappa shape index (κ2) is 9.37. The minimum Gasteiger partial charge on any atom is -0.465 e. The zero-order chi connectivity index (χ0) is 21.2. The second-order valence-corrected chi connectivity index (χ2v) is 11.7. The number of hydrogen-bond acceptors (Lipinski definition) is 2. The first-order valence-corrected chi connectivity index (χ1v) is 13.3.